The minimum absolute atomic E-state index is 0.0853. The van der Waals surface area contributed by atoms with E-state index in [0.29, 0.717) is 6.04 Å². The molecule has 1 amide bonds. The number of nitrogens with one attached hydrogen (secondary N) is 2. The van der Waals surface area contributed by atoms with Gasteiger partial charge in [0.25, 0.3) is 0 Å². The molecule has 1 aromatic carbocycles. The summed E-state index contributed by atoms with van der Waals surface area (Å²) in [6, 6.07) is 6.60. The lowest BCUT2D eigenvalue weighted by molar-refractivity contribution is -0.119. The largest absolute Gasteiger partial charge is 0.325 e. The van der Waals surface area contributed by atoms with Gasteiger partial charge >= 0.3 is 0 Å². The van der Waals surface area contributed by atoms with E-state index in [-0.39, 0.29) is 5.91 Å². The van der Waals surface area contributed by atoms with Crippen LogP contribution in [0.15, 0.2) is 18.2 Å². The minimum Gasteiger partial charge on any atom is -0.325 e. The van der Waals surface area contributed by atoms with E-state index in [4.69, 9.17) is 0 Å². The standard InChI is InChI=1S/C14H20N2O/c1-5-11(15-4)9-6-7-12-10(8-9)14(2,3)13(17)16-12/h6-8,11,15H,5H2,1-4H3,(H,16,17). The fourth-order valence-electron chi connectivity index (χ4n) is 2.41. The SMILES string of the molecule is CCC(NC)c1ccc2c(c1)C(C)(C)C(=O)N2. The second-order valence-corrected chi connectivity index (χ2v) is 5.13. The Labute approximate surface area is 103 Å². The Hall–Kier alpha value is -1.35. The van der Waals surface area contributed by atoms with Crippen molar-refractivity contribution in [1.82, 2.24) is 5.32 Å². The Bertz CT molecular complexity index is 448. The van der Waals surface area contributed by atoms with Crippen LogP contribution in [0.5, 0.6) is 0 Å². The number of anilines is 1. The van der Waals surface area contributed by atoms with Gasteiger partial charge in [0, 0.05) is 11.7 Å². The summed E-state index contributed by atoms with van der Waals surface area (Å²) in [5.41, 5.74) is 2.89. The first-order valence-electron chi connectivity index (χ1n) is 6.13. The second kappa shape index (κ2) is 4.15. The van der Waals surface area contributed by atoms with Crippen molar-refractivity contribution in [2.75, 3.05) is 12.4 Å². The summed E-state index contributed by atoms with van der Waals surface area (Å²) in [7, 11) is 1.97. The van der Waals surface area contributed by atoms with Gasteiger partial charge in [0.05, 0.1) is 5.41 Å². The highest BCUT2D eigenvalue weighted by atomic mass is 16.2. The molecule has 0 radical (unpaired) electrons. The van der Waals surface area contributed by atoms with Crippen LogP contribution in [0.4, 0.5) is 5.69 Å². The lowest BCUT2D eigenvalue weighted by Gasteiger charge is -2.19. The number of hydrogen-bond acceptors (Lipinski definition) is 2. The topological polar surface area (TPSA) is 41.1 Å². The van der Waals surface area contributed by atoms with E-state index in [1.807, 2.05) is 27.0 Å². The maximum atomic E-state index is 11.8. The zero-order chi connectivity index (χ0) is 12.6. The van der Waals surface area contributed by atoms with Crippen LogP contribution in [0.2, 0.25) is 0 Å². The Morgan fingerprint density at radius 1 is 1.41 bits per heavy atom. The fourth-order valence-corrected chi connectivity index (χ4v) is 2.41. The fraction of sp³-hybridized carbons (Fsp3) is 0.500. The molecule has 3 heteroatoms. The van der Waals surface area contributed by atoms with E-state index in [0.717, 1.165) is 17.7 Å². The van der Waals surface area contributed by atoms with Crippen molar-refractivity contribution < 1.29 is 4.79 Å². The maximum Gasteiger partial charge on any atom is 0.234 e. The highest BCUT2D eigenvalue weighted by molar-refractivity contribution is 6.05. The first-order chi connectivity index (χ1) is 8.00. The van der Waals surface area contributed by atoms with Crippen LogP contribution in [0, 0.1) is 0 Å². The summed E-state index contributed by atoms with van der Waals surface area (Å²) in [4.78, 5) is 11.8. The molecule has 0 aliphatic carbocycles. The van der Waals surface area contributed by atoms with Gasteiger partial charge in [0.2, 0.25) is 5.91 Å². The van der Waals surface area contributed by atoms with Crippen LogP contribution in [0.25, 0.3) is 0 Å². The van der Waals surface area contributed by atoms with E-state index in [1.54, 1.807) is 0 Å². The van der Waals surface area contributed by atoms with Gasteiger partial charge in [-0.1, -0.05) is 19.1 Å². The van der Waals surface area contributed by atoms with Crippen LogP contribution < -0.4 is 10.6 Å². The third-order valence-electron chi connectivity index (χ3n) is 3.69. The lowest BCUT2D eigenvalue weighted by atomic mass is 9.84. The summed E-state index contributed by atoms with van der Waals surface area (Å²) in [5.74, 6) is 0.0853. The number of fused-ring (bicyclic) bond motifs is 1. The molecule has 0 fully saturated rings. The Kier molecular flexibility index (Phi) is 2.96. The van der Waals surface area contributed by atoms with Crippen molar-refractivity contribution in [3.8, 4) is 0 Å². The van der Waals surface area contributed by atoms with E-state index in [9.17, 15) is 4.79 Å². The minimum atomic E-state index is -0.419. The van der Waals surface area contributed by atoms with Crippen LogP contribution >= 0.6 is 0 Å². The highest BCUT2D eigenvalue weighted by Crippen LogP contribution is 2.38. The van der Waals surface area contributed by atoms with Gasteiger partial charge < -0.3 is 10.6 Å². The van der Waals surface area contributed by atoms with Crippen LogP contribution in [0.1, 0.15) is 44.4 Å². The Morgan fingerprint density at radius 2 is 2.12 bits per heavy atom. The average molecular weight is 232 g/mol. The number of carbonyl (C=O) groups is 1. The number of hydrogen-bond donors (Lipinski definition) is 2. The van der Waals surface area contributed by atoms with Gasteiger partial charge in [-0.3, -0.25) is 4.79 Å². The summed E-state index contributed by atoms with van der Waals surface area (Å²) < 4.78 is 0. The smallest absolute Gasteiger partial charge is 0.234 e. The molecule has 1 aromatic rings. The summed E-state index contributed by atoms with van der Waals surface area (Å²) in [6.45, 7) is 6.10. The molecule has 17 heavy (non-hydrogen) atoms. The van der Waals surface area contributed by atoms with Gasteiger partial charge in [0.15, 0.2) is 0 Å². The van der Waals surface area contributed by atoms with Crippen molar-refractivity contribution in [3.63, 3.8) is 0 Å². The number of benzene rings is 1. The molecule has 2 N–H and O–H groups in total. The van der Waals surface area contributed by atoms with E-state index in [1.165, 1.54) is 5.56 Å². The highest BCUT2D eigenvalue weighted by Gasteiger charge is 2.38. The number of amides is 1. The second-order valence-electron chi connectivity index (χ2n) is 5.13. The van der Waals surface area contributed by atoms with E-state index in [2.05, 4.69) is 29.7 Å². The zero-order valence-corrected chi connectivity index (χ0v) is 10.9. The van der Waals surface area contributed by atoms with Crippen molar-refractivity contribution >= 4 is 11.6 Å². The predicted molar refractivity (Wildman–Crippen MR) is 70.2 cm³/mol. The third kappa shape index (κ3) is 1.84. The van der Waals surface area contributed by atoms with Crippen molar-refractivity contribution in [2.45, 2.75) is 38.6 Å². The molecule has 0 saturated carbocycles. The molecule has 1 aliphatic heterocycles. The van der Waals surface area contributed by atoms with Gasteiger partial charge in [-0.25, -0.2) is 0 Å². The first-order valence-corrected chi connectivity index (χ1v) is 6.13. The molecule has 92 valence electrons. The molecule has 1 aliphatic rings. The monoisotopic (exact) mass is 232 g/mol. The van der Waals surface area contributed by atoms with Crippen molar-refractivity contribution in [3.05, 3.63) is 29.3 Å². The predicted octanol–water partition coefficient (Wildman–Crippen LogP) is 2.59. The Balaban J connectivity index is 2.45. The molecule has 1 heterocycles. The molecule has 1 unspecified atom stereocenters. The van der Waals surface area contributed by atoms with E-state index >= 15 is 0 Å². The molecule has 3 nitrogen and oxygen atoms in total. The zero-order valence-electron chi connectivity index (χ0n) is 10.9. The Morgan fingerprint density at radius 3 is 2.71 bits per heavy atom. The molecule has 0 spiro atoms. The van der Waals surface area contributed by atoms with Gasteiger partial charge in [-0.15, -0.1) is 0 Å². The molecule has 1 atom stereocenters. The van der Waals surface area contributed by atoms with E-state index < -0.39 is 5.41 Å². The summed E-state index contributed by atoms with van der Waals surface area (Å²) >= 11 is 0. The molecule has 0 saturated heterocycles. The number of rotatable bonds is 3. The van der Waals surface area contributed by atoms with Crippen molar-refractivity contribution in [1.29, 1.82) is 0 Å². The summed E-state index contributed by atoms with van der Waals surface area (Å²) in [6.07, 6.45) is 1.04. The lowest BCUT2D eigenvalue weighted by Crippen LogP contribution is -2.27. The quantitative estimate of drug-likeness (QED) is 0.841. The van der Waals surface area contributed by atoms with Gasteiger partial charge in [-0.05, 0) is 44.5 Å². The summed E-state index contributed by atoms with van der Waals surface area (Å²) in [5, 5.41) is 6.22. The molecule has 2 rings (SSSR count). The normalized spacial score (nSPS) is 18.7. The molecular weight excluding hydrogens is 212 g/mol. The maximum absolute atomic E-state index is 11.8. The van der Waals surface area contributed by atoms with Gasteiger partial charge in [0.1, 0.15) is 0 Å². The van der Waals surface area contributed by atoms with Gasteiger partial charge in [-0.2, -0.15) is 0 Å². The number of carbonyl (C=O) groups excluding carboxylic acids is 1. The average Bonchev–Trinajstić information content (AvgIpc) is 2.53. The molecule has 0 aromatic heterocycles. The molecular formula is C14H20N2O. The molecule has 0 bridgehead atoms. The van der Waals surface area contributed by atoms with Crippen LogP contribution in [-0.2, 0) is 10.2 Å². The van der Waals surface area contributed by atoms with Crippen LogP contribution in [0.3, 0.4) is 0 Å². The third-order valence-corrected chi connectivity index (χ3v) is 3.69. The first kappa shape index (κ1) is 12.1. The van der Waals surface area contributed by atoms with Crippen LogP contribution in [-0.4, -0.2) is 13.0 Å². The van der Waals surface area contributed by atoms with Crippen molar-refractivity contribution in [2.24, 2.45) is 0 Å².